The van der Waals surface area contributed by atoms with E-state index in [4.69, 9.17) is 4.42 Å². The SMILES string of the molecule is CNC(=O)C(=O)CCC(NC(=O)c1oc2ccccc2c1C)C(=O)Nc1cccn(CC(=O)NC2CC3CC(C2)C3(C)C)c1=O. The van der Waals surface area contributed by atoms with Crippen molar-refractivity contribution in [3.63, 3.8) is 0 Å². The van der Waals surface area contributed by atoms with Gasteiger partial charge >= 0.3 is 0 Å². The molecule has 3 saturated carbocycles. The third kappa shape index (κ3) is 6.54. The van der Waals surface area contributed by atoms with Gasteiger partial charge in [-0.15, -0.1) is 0 Å². The number of rotatable bonds is 11. The molecule has 3 unspecified atom stereocenters. The lowest BCUT2D eigenvalue weighted by Gasteiger charge is -2.58. The molecule has 0 saturated heterocycles. The number of Topliss-reactive ketones (excluding diaryl/α,β-unsaturated/α-hetero) is 1. The minimum Gasteiger partial charge on any atom is -0.451 e. The molecular formula is C33H39N5O7. The number of ketones is 1. The van der Waals surface area contributed by atoms with Gasteiger partial charge < -0.3 is 30.3 Å². The van der Waals surface area contributed by atoms with Crippen molar-refractivity contribution in [3.8, 4) is 0 Å². The number of para-hydroxylation sites is 1. The first-order valence-electron chi connectivity index (χ1n) is 15.2. The van der Waals surface area contributed by atoms with Crippen molar-refractivity contribution in [2.45, 2.75) is 71.5 Å². The van der Waals surface area contributed by atoms with E-state index < -0.39 is 35.1 Å². The standard InChI is InChI=1S/C33H39N5O7/c1-18-22-8-5-6-10-26(22)45-28(18)31(43)36-23(11-12-25(39)30(42)34-4)29(41)37-24-9-7-13-38(32(24)44)17-27(40)35-21-15-19-14-20(16-21)33(19,2)3/h5-10,13,19-21,23H,11-12,14-17H2,1-4H3,(H,34,42)(H,35,40)(H,36,43)(H,37,41). The van der Waals surface area contributed by atoms with Crippen molar-refractivity contribution in [2.75, 3.05) is 12.4 Å². The number of furan rings is 1. The number of hydrogen-bond acceptors (Lipinski definition) is 7. The second-order valence-corrected chi connectivity index (χ2v) is 12.7. The lowest BCUT2D eigenvalue weighted by Crippen LogP contribution is -2.56. The Morgan fingerprint density at radius 1 is 1.02 bits per heavy atom. The molecule has 3 aromatic rings. The summed E-state index contributed by atoms with van der Waals surface area (Å²) < 4.78 is 6.93. The maximum atomic E-state index is 13.4. The van der Waals surface area contributed by atoms with E-state index in [0.29, 0.717) is 28.4 Å². The smallest absolute Gasteiger partial charge is 0.287 e. The molecule has 12 heteroatoms. The van der Waals surface area contributed by atoms with Crippen molar-refractivity contribution in [1.82, 2.24) is 20.5 Å². The Hall–Kier alpha value is -4.74. The summed E-state index contributed by atoms with van der Waals surface area (Å²) in [7, 11) is 1.32. The van der Waals surface area contributed by atoms with Crippen LogP contribution in [0.3, 0.4) is 0 Å². The van der Waals surface area contributed by atoms with Gasteiger partial charge in [0.15, 0.2) is 5.76 Å². The molecule has 3 aliphatic carbocycles. The van der Waals surface area contributed by atoms with Crippen LogP contribution in [0, 0.1) is 24.2 Å². The Labute approximate surface area is 260 Å². The van der Waals surface area contributed by atoms with Crippen LogP contribution in [0.2, 0.25) is 0 Å². The van der Waals surface area contributed by atoms with E-state index in [1.54, 1.807) is 25.1 Å². The first-order chi connectivity index (χ1) is 21.4. The van der Waals surface area contributed by atoms with Gasteiger partial charge in [-0.3, -0.25) is 28.8 Å². The monoisotopic (exact) mass is 617 g/mol. The highest BCUT2D eigenvalue weighted by Crippen LogP contribution is 2.59. The van der Waals surface area contributed by atoms with E-state index in [1.165, 1.54) is 36.4 Å². The maximum Gasteiger partial charge on any atom is 0.287 e. The molecule has 3 fully saturated rings. The van der Waals surface area contributed by atoms with Gasteiger partial charge in [0.05, 0.1) is 0 Å². The minimum absolute atomic E-state index is 0.00135. The number of likely N-dealkylation sites (N-methyl/N-ethyl adjacent to an activating group) is 1. The number of nitrogens with zero attached hydrogens (tertiary/aromatic N) is 1. The van der Waals surface area contributed by atoms with Gasteiger partial charge in [-0.25, -0.2) is 0 Å². The number of aryl methyl sites for hydroxylation is 1. The molecule has 6 rings (SSSR count). The quantitative estimate of drug-likeness (QED) is 0.240. The molecule has 4 amide bonds. The fourth-order valence-electron chi connectivity index (χ4n) is 6.64. The van der Waals surface area contributed by atoms with Crippen molar-refractivity contribution >= 4 is 46.1 Å². The predicted octanol–water partition coefficient (Wildman–Crippen LogP) is 2.68. The van der Waals surface area contributed by atoms with E-state index in [1.807, 2.05) is 6.07 Å². The summed E-state index contributed by atoms with van der Waals surface area (Å²) in [6.45, 7) is 6.05. The van der Waals surface area contributed by atoms with Gasteiger partial charge in [0.2, 0.25) is 17.6 Å². The van der Waals surface area contributed by atoms with Crippen LogP contribution in [0.5, 0.6) is 0 Å². The number of carbonyl (C=O) groups excluding carboxylic acids is 5. The van der Waals surface area contributed by atoms with Crippen molar-refractivity contribution < 1.29 is 28.4 Å². The lowest BCUT2D eigenvalue weighted by atomic mass is 9.48. The van der Waals surface area contributed by atoms with Gasteiger partial charge in [-0.05, 0) is 68.1 Å². The fourth-order valence-corrected chi connectivity index (χ4v) is 6.64. The average Bonchev–Trinajstić information content (AvgIpc) is 3.36. The second-order valence-electron chi connectivity index (χ2n) is 12.7. The molecule has 0 aliphatic heterocycles. The molecule has 45 heavy (non-hydrogen) atoms. The van der Waals surface area contributed by atoms with Gasteiger partial charge in [0, 0.05) is 36.7 Å². The van der Waals surface area contributed by atoms with E-state index >= 15 is 0 Å². The Morgan fingerprint density at radius 2 is 1.73 bits per heavy atom. The third-order valence-corrected chi connectivity index (χ3v) is 9.58. The Bertz CT molecular complexity index is 1710. The summed E-state index contributed by atoms with van der Waals surface area (Å²) in [6, 6.07) is 8.79. The van der Waals surface area contributed by atoms with Crippen LogP contribution in [0.4, 0.5) is 5.69 Å². The number of anilines is 1. The van der Waals surface area contributed by atoms with Gasteiger partial charge in [0.1, 0.15) is 23.9 Å². The number of hydrogen-bond donors (Lipinski definition) is 4. The molecule has 3 aliphatic rings. The number of carbonyl (C=O) groups is 5. The largest absolute Gasteiger partial charge is 0.451 e. The van der Waals surface area contributed by atoms with Crippen LogP contribution in [0.15, 0.2) is 51.8 Å². The Kier molecular flexibility index (Phi) is 8.94. The Morgan fingerprint density at radius 3 is 2.40 bits per heavy atom. The van der Waals surface area contributed by atoms with Crippen molar-refractivity contribution in [2.24, 2.45) is 17.3 Å². The molecule has 238 valence electrons. The average molecular weight is 618 g/mol. The number of nitrogens with one attached hydrogen (secondary N) is 4. The van der Waals surface area contributed by atoms with E-state index in [-0.39, 0.29) is 42.8 Å². The van der Waals surface area contributed by atoms with Gasteiger partial charge in [0.25, 0.3) is 17.4 Å². The van der Waals surface area contributed by atoms with E-state index in [2.05, 4.69) is 35.1 Å². The highest BCUT2D eigenvalue weighted by Gasteiger charge is 2.52. The minimum atomic E-state index is -1.29. The molecule has 1 aromatic carbocycles. The van der Waals surface area contributed by atoms with Crippen LogP contribution >= 0.6 is 0 Å². The molecular weight excluding hydrogens is 578 g/mol. The molecule has 2 aromatic heterocycles. The van der Waals surface area contributed by atoms with Crippen LogP contribution in [0.1, 0.15) is 62.1 Å². The summed E-state index contributed by atoms with van der Waals surface area (Å²) in [5.41, 5.74) is 0.666. The molecule has 0 radical (unpaired) electrons. The second kappa shape index (κ2) is 12.7. The highest BCUT2D eigenvalue weighted by atomic mass is 16.3. The van der Waals surface area contributed by atoms with Crippen LogP contribution in [-0.4, -0.2) is 53.1 Å². The number of pyridine rings is 1. The molecule has 2 bridgehead atoms. The van der Waals surface area contributed by atoms with E-state index in [0.717, 1.165) is 18.2 Å². The highest BCUT2D eigenvalue weighted by molar-refractivity contribution is 6.36. The summed E-state index contributed by atoms with van der Waals surface area (Å²) in [5, 5.41) is 11.2. The number of amides is 4. The molecule has 4 N–H and O–H groups in total. The molecule has 3 atom stereocenters. The summed E-state index contributed by atoms with van der Waals surface area (Å²) in [5.74, 6) is -2.19. The van der Waals surface area contributed by atoms with Crippen LogP contribution < -0.4 is 26.8 Å². The summed E-state index contributed by atoms with van der Waals surface area (Å²) in [4.78, 5) is 76.8. The first kappa shape index (κ1) is 31.7. The molecule has 2 heterocycles. The molecule has 12 nitrogen and oxygen atoms in total. The maximum absolute atomic E-state index is 13.4. The first-order valence-corrected chi connectivity index (χ1v) is 15.2. The lowest BCUT2D eigenvalue weighted by molar-refractivity contribution is -0.137. The van der Waals surface area contributed by atoms with Crippen LogP contribution in [-0.2, 0) is 25.7 Å². The zero-order valence-corrected chi connectivity index (χ0v) is 25.9. The summed E-state index contributed by atoms with van der Waals surface area (Å²) >= 11 is 0. The number of fused-ring (bicyclic) bond motifs is 3. The third-order valence-electron chi connectivity index (χ3n) is 9.58. The topological polar surface area (TPSA) is 169 Å². The normalized spacial score (nSPS) is 20.4. The fraction of sp³-hybridized carbons (Fsp3) is 0.455. The van der Waals surface area contributed by atoms with Gasteiger partial charge in [-0.2, -0.15) is 0 Å². The molecule has 0 spiro atoms. The summed E-state index contributed by atoms with van der Waals surface area (Å²) in [6.07, 6.45) is 3.94. The van der Waals surface area contributed by atoms with Crippen LogP contribution in [0.25, 0.3) is 11.0 Å². The van der Waals surface area contributed by atoms with Gasteiger partial charge in [-0.1, -0.05) is 32.0 Å². The van der Waals surface area contributed by atoms with Crippen molar-refractivity contribution in [3.05, 3.63) is 64.3 Å². The predicted molar refractivity (Wildman–Crippen MR) is 166 cm³/mol. The number of aromatic nitrogens is 1. The Balaban J connectivity index is 1.27. The van der Waals surface area contributed by atoms with E-state index in [9.17, 15) is 28.8 Å². The number of benzene rings is 1. The zero-order valence-electron chi connectivity index (χ0n) is 25.9. The zero-order chi connectivity index (χ0) is 32.5. The van der Waals surface area contributed by atoms with Crippen molar-refractivity contribution in [1.29, 1.82) is 0 Å².